The highest BCUT2D eigenvalue weighted by Gasteiger charge is 2.47. The molecule has 1 heterocycles. The number of hydrogen-bond donors (Lipinski definition) is 0. The highest BCUT2D eigenvalue weighted by atomic mass is 35.5. The molecule has 0 saturated carbocycles. The standard InChI is InChI=1S/C41H30ClN3/c1-27-13-12-18-31(25-27)41(30-16-6-3-7-17-30)36-22-11-10-20-33(36)34-24-23-29(26-37(34)41)38-43-39(45-40(42)44-38)35-21-9-8-19-32(35)28-14-4-2-5-15-28/h2-12,14-27H,13H2,1H3. The number of hydrogen-bond acceptors (Lipinski definition) is 3. The first-order valence-electron chi connectivity index (χ1n) is 15.4. The van der Waals surface area contributed by atoms with E-state index in [1.165, 1.54) is 33.4 Å². The van der Waals surface area contributed by atoms with Gasteiger partial charge in [0, 0.05) is 11.1 Å². The molecule has 0 spiro atoms. The van der Waals surface area contributed by atoms with E-state index in [1.807, 2.05) is 36.4 Å². The molecule has 1 aromatic heterocycles. The Morgan fingerprint density at radius 1 is 0.600 bits per heavy atom. The molecular formula is C41H30ClN3. The molecule has 0 fully saturated rings. The Labute approximate surface area is 268 Å². The SMILES string of the molecule is CC1C=C(C2(c3ccccc3)c3ccccc3-c3ccc(-c4nc(Cl)nc(-c5ccccc5-c5ccccc5)n4)cc32)C=CC1. The first-order valence-corrected chi connectivity index (χ1v) is 15.8. The molecule has 4 heteroatoms. The summed E-state index contributed by atoms with van der Waals surface area (Å²) in [5, 5.41) is 0.169. The zero-order valence-corrected chi connectivity index (χ0v) is 25.6. The van der Waals surface area contributed by atoms with Crippen LogP contribution in [0.25, 0.3) is 45.0 Å². The first-order chi connectivity index (χ1) is 22.1. The molecule has 0 N–H and O–H groups in total. The summed E-state index contributed by atoms with van der Waals surface area (Å²) in [6.07, 6.45) is 8.13. The molecule has 45 heavy (non-hydrogen) atoms. The van der Waals surface area contributed by atoms with Crippen LogP contribution in [0.15, 0.2) is 151 Å². The second kappa shape index (κ2) is 11.1. The van der Waals surface area contributed by atoms with Gasteiger partial charge in [0.1, 0.15) is 0 Å². The summed E-state index contributed by atoms with van der Waals surface area (Å²) in [6, 6.07) is 44.8. The summed E-state index contributed by atoms with van der Waals surface area (Å²) in [5.74, 6) is 1.55. The van der Waals surface area contributed by atoms with E-state index in [1.54, 1.807) is 0 Å². The number of aromatic nitrogens is 3. The molecule has 216 valence electrons. The van der Waals surface area contributed by atoms with Crippen molar-refractivity contribution in [3.63, 3.8) is 0 Å². The van der Waals surface area contributed by atoms with Crippen LogP contribution in [0.4, 0.5) is 0 Å². The predicted octanol–water partition coefficient (Wildman–Crippen LogP) is 10.4. The van der Waals surface area contributed by atoms with Crippen LogP contribution in [0.1, 0.15) is 30.0 Å². The van der Waals surface area contributed by atoms with Crippen LogP contribution in [-0.2, 0) is 5.41 Å². The lowest BCUT2D eigenvalue weighted by molar-refractivity contribution is 0.683. The summed E-state index contributed by atoms with van der Waals surface area (Å²) >= 11 is 6.65. The van der Waals surface area contributed by atoms with Crippen molar-refractivity contribution in [3.8, 4) is 45.0 Å². The van der Waals surface area contributed by atoms with Crippen molar-refractivity contribution in [2.24, 2.45) is 5.92 Å². The van der Waals surface area contributed by atoms with Crippen molar-refractivity contribution in [3.05, 3.63) is 173 Å². The van der Waals surface area contributed by atoms with Gasteiger partial charge in [0.2, 0.25) is 5.28 Å². The Balaban J connectivity index is 1.35. The van der Waals surface area contributed by atoms with Gasteiger partial charge in [-0.05, 0) is 74.5 Å². The molecule has 0 amide bonds. The summed E-state index contributed by atoms with van der Waals surface area (Å²) in [4.78, 5) is 14.3. The van der Waals surface area contributed by atoms with Gasteiger partial charge in [0.25, 0.3) is 0 Å². The van der Waals surface area contributed by atoms with Gasteiger partial charge in [0.05, 0.1) is 5.41 Å². The molecule has 0 aliphatic heterocycles. The molecule has 3 nitrogen and oxygen atoms in total. The molecular weight excluding hydrogens is 570 g/mol. The van der Waals surface area contributed by atoms with E-state index in [0.717, 1.165) is 28.7 Å². The minimum atomic E-state index is -0.478. The van der Waals surface area contributed by atoms with Gasteiger partial charge in [-0.2, -0.15) is 9.97 Å². The van der Waals surface area contributed by atoms with Crippen molar-refractivity contribution in [2.45, 2.75) is 18.8 Å². The predicted molar refractivity (Wildman–Crippen MR) is 184 cm³/mol. The Bertz CT molecular complexity index is 2120. The fraction of sp³-hybridized carbons (Fsp3) is 0.0976. The number of halogens is 1. The number of allylic oxidation sites excluding steroid dienone is 4. The van der Waals surface area contributed by atoms with E-state index in [0.29, 0.717) is 17.6 Å². The average molecular weight is 600 g/mol. The normalized spacial score (nSPS) is 18.3. The minimum Gasteiger partial charge on any atom is -0.208 e. The monoisotopic (exact) mass is 599 g/mol. The zero-order valence-electron chi connectivity index (χ0n) is 24.9. The second-order valence-corrected chi connectivity index (χ2v) is 12.2. The first kappa shape index (κ1) is 27.4. The van der Waals surface area contributed by atoms with Crippen molar-refractivity contribution in [2.75, 3.05) is 0 Å². The van der Waals surface area contributed by atoms with Gasteiger partial charge in [-0.1, -0.05) is 146 Å². The Hall–Kier alpha value is -5.12. The number of fused-ring (bicyclic) bond motifs is 3. The molecule has 8 rings (SSSR count). The smallest absolute Gasteiger partial charge is 0.208 e. The van der Waals surface area contributed by atoms with Crippen molar-refractivity contribution in [1.82, 2.24) is 15.0 Å². The third kappa shape index (κ3) is 4.54. The minimum absolute atomic E-state index is 0.169. The fourth-order valence-electron chi connectivity index (χ4n) is 7.13. The summed E-state index contributed by atoms with van der Waals surface area (Å²) in [5.41, 5.74) is 11.0. The van der Waals surface area contributed by atoms with Crippen molar-refractivity contribution in [1.29, 1.82) is 0 Å². The third-order valence-electron chi connectivity index (χ3n) is 9.07. The lowest BCUT2D eigenvalue weighted by Crippen LogP contribution is -2.30. The third-order valence-corrected chi connectivity index (χ3v) is 9.24. The highest BCUT2D eigenvalue weighted by Crippen LogP contribution is 2.57. The molecule has 5 aromatic carbocycles. The van der Waals surface area contributed by atoms with Gasteiger partial charge < -0.3 is 0 Å². The lowest BCUT2D eigenvalue weighted by atomic mass is 9.65. The highest BCUT2D eigenvalue weighted by molar-refractivity contribution is 6.28. The van der Waals surface area contributed by atoms with Gasteiger partial charge in [-0.3, -0.25) is 0 Å². The number of nitrogens with zero attached hydrogens (tertiary/aromatic N) is 3. The zero-order chi connectivity index (χ0) is 30.4. The Morgan fingerprint density at radius 3 is 2.02 bits per heavy atom. The molecule has 2 aliphatic carbocycles. The Morgan fingerprint density at radius 2 is 1.24 bits per heavy atom. The second-order valence-electron chi connectivity index (χ2n) is 11.8. The van der Waals surface area contributed by atoms with Crippen LogP contribution in [0.2, 0.25) is 5.28 Å². The molecule has 0 saturated heterocycles. The molecule has 0 radical (unpaired) electrons. The summed E-state index contributed by atoms with van der Waals surface area (Å²) < 4.78 is 0. The molecule has 2 atom stereocenters. The maximum Gasteiger partial charge on any atom is 0.226 e. The van der Waals surface area contributed by atoms with E-state index in [-0.39, 0.29) is 5.28 Å². The number of rotatable bonds is 5. The van der Waals surface area contributed by atoms with E-state index in [9.17, 15) is 0 Å². The average Bonchev–Trinajstić information content (AvgIpc) is 3.39. The van der Waals surface area contributed by atoms with Crippen LogP contribution >= 0.6 is 11.6 Å². The summed E-state index contributed by atoms with van der Waals surface area (Å²) in [6.45, 7) is 2.29. The molecule has 0 bridgehead atoms. The number of benzene rings is 5. The van der Waals surface area contributed by atoms with Crippen molar-refractivity contribution >= 4 is 11.6 Å². The Kier molecular flexibility index (Phi) is 6.77. The topological polar surface area (TPSA) is 38.7 Å². The van der Waals surface area contributed by atoms with Crippen LogP contribution in [-0.4, -0.2) is 15.0 Å². The molecule has 2 aliphatic rings. The van der Waals surface area contributed by atoms with Crippen LogP contribution in [0.3, 0.4) is 0 Å². The largest absolute Gasteiger partial charge is 0.226 e. The van der Waals surface area contributed by atoms with Gasteiger partial charge in [-0.25, -0.2) is 4.98 Å². The fourth-order valence-corrected chi connectivity index (χ4v) is 7.29. The van der Waals surface area contributed by atoms with E-state index in [4.69, 9.17) is 16.6 Å². The van der Waals surface area contributed by atoms with Gasteiger partial charge in [0.15, 0.2) is 11.6 Å². The van der Waals surface area contributed by atoms with Gasteiger partial charge >= 0.3 is 0 Å². The van der Waals surface area contributed by atoms with Crippen LogP contribution in [0.5, 0.6) is 0 Å². The summed E-state index contributed by atoms with van der Waals surface area (Å²) in [7, 11) is 0. The van der Waals surface area contributed by atoms with Crippen molar-refractivity contribution < 1.29 is 0 Å². The maximum atomic E-state index is 6.65. The van der Waals surface area contributed by atoms with Crippen LogP contribution < -0.4 is 0 Å². The molecule has 2 unspecified atom stereocenters. The van der Waals surface area contributed by atoms with Gasteiger partial charge in [-0.15, -0.1) is 0 Å². The lowest BCUT2D eigenvalue weighted by Gasteiger charge is -2.36. The van der Waals surface area contributed by atoms with Crippen LogP contribution in [0, 0.1) is 5.92 Å². The van der Waals surface area contributed by atoms with E-state index < -0.39 is 5.41 Å². The maximum absolute atomic E-state index is 6.65. The van der Waals surface area contributed by atoms with E-state index in [2.05, 4.69) is 126 Å². The molecule has 6 aromatic rings. The van der Waals surface area contributed by atoms with E-state index >= 15 is 0 Å². The quantitative estimate of drug-likeness (QED) is 0.198.